The van der Waals surface area contributed by atoms with E-state index in [0.717, 1.165) is 19.3 Å². The maximum Gasteiger partial charge on any atom is 0.320 e. The maximum atomic E-state index is 10.8. The van der Waals surface area contributed by atoms with Gasteiger partial charge in [-0.1, -0.05) is 12.8 Å². The lowest BCUT2D eigenvalue weighted by Gasteiger charge is -2.35. The Kier molecular flexibility index (Phi) is 2.04. The van der Waals surface area contributed by atoms with Gasteiger partial charge in [0.1, 0.15) is 6.04 Å². The van der Waals surface area contributed by atoms with Crippen LogP contribution >= 0.6 is 0 Å². The average Bonchev–Trinajstić information content (AvgIpc) is 2.41. The molecule has 0 unspecified atom stereocenters. The summed E-state index contributed by atoms with van der Waals surface area (Å²) in [6.45, 7) is 0. The molecule has 0 aromatic rings. The second kappa shape index (κ2) is 2.96. The number of hydrogen-bond acceptors (Lipinski definition) is 3. The van der Waals surface area contributed by atoms with Crippen LogP contribution in [0.25, 0.3) is 0 Å². The molecule has 1 saturated heterocycles. The number of nitrogens with two attached hydrogens (primary N) is 1. The number of hydrogen-bond donors (Lipinski definition) is 3. The number of carboxylic acid groups (broad SMARTS) is 1. The van der Waals surface area contributed by atoms with Crippen LogP contribution in [-0.4, -0.2) is 22.8 Å². The molecular weight excluding hydrogens is 168 g/mol. The van der Waals surface area contributed by atoms with Gasteiger partial charge in [0.25, 0.3) is 0 Å². The third-order valence-corrected chi connectivity index (χ3v) is 3.38. The highest BCUT2D eigenvalue weighted by Crippen LogP contribution is 2.38. The Labute approximate surface area is 77.5 Å². The maximum absolute atomic E-state index is 10.8. The van der Waals surface area contributed by atoms with Gasteiger partial charge in [-0.2, -0.15) is 0 Å². The molecule has 1 saturated carbocycles. The fourth-order valence-electron chi connectivity index (χ4n) is 2.62. The number of nitrogens with one attached hydrogen (secondary N) is 1. The average molecular weight is 184 g/mol. The normalized spacial score (nSPS) is 44.4. The topological polar surface area (TPSA) is 75.4 Å². The highest BCUT2D eigenvalue weighted by atomic mass is 16.4. The van der Waals surface area contributed by atoms with Crippen LogP contribution in [0.2, 0.25) is 0 Å². The summed E-state index contributed by atoms with van der Waals surface area (Å²) in [5, 5.41) is 11.9. The summed E-state index contributed by atoms with van der Waals surface area (Å²) in [4.78, 5) is 10.8. The van der Waals surface area contributed by atoms with E-state index in [0.29, 0.717) is 12.3 Å². The predicted octanol–water partition coefficient (Wildman–Crippen LogP) is 0.278. The van der Waals surface area contributed by atoms with Gasteiger partial charge in [0.2, 0.25) is 0 Å². The van der Waals surface area contributed by atoms with Crippen molar-refractivity contribution in [1.29, 1.82) is 0 Å². The minimum Gasteiger partial charge on any atom is -0.480 e. The third-order valence-electron chi connectivity index (χ3n) is 3.38. The number of carboxylic acids is 1. The summed E-state index contributed by atoms with van der Waals surface area (Å²) in [5.74, 6) is -0.401. The van der Waals surface area contributed by atoms with Crippen molar-refractivity contribution < 1.29 is 9.90 Å². The zero-order valence-electron chi connectivity index (χ0n) is 7.62. The van der Waals surface area contributed by atoms with Crippen molar-refractivity contribution in [2.75, 3.05) is 0 Å². The summed E-state index contributed by atoms with van der Waals surface area (Å²) < 4.78 is 0. The summed E-state index contributed by atoms with van der Waals surface area (Å²) in [6, 6.07) is -0.423. The first kappa shape index (κ1) is 8.97. The monoisotopic (exact) mass is 184 g/mol. The van der Waals surface area contributed by atoms with Crippen molar-refractivity contribution in [1.82, 2.24) is 5.32 Å². The van der Waals surface area contributed by atoms with E-state index in [-0.39, 0.29) is 5.66 Å². The molecule has 0 bridgehead atoms. The molecule has 2 aliphatic rings. The van der Waals surface area contributed by atoms with E-state index in [2.05, 4.69) is 5.32 Å². The fourth-order valence-corrected chi connectivity index (χ4v) is 2.62. The van der Waals surface area contributed by atoms with Gasteiger partial charge in [-0.3, -0.25) is 10.1 Å². The molecular formula is C9H16N2O2. The third kappa shape index (κ3) is 1.44. The summed E-state index contributed by atoms with van der Waals surface area (Å²) in [7, 11) is 0. The van der Waals surface area contributed by atoms with E-state index in [1.165, 1.54) is 6.42 Å². The van der Waals surface area contributed by atoms with Crippen LogP contribution in [0.1, 0.15) is 32.1 Å². The van der Waals surface area contributed by atoms with Crippen LogP contribution in [0.4, 0.5) is 0 Å². The molecule has 4 N–H and O–H groups in total. The lowest BCUT2D eigenvalue weighted by Crippen LogP contribution is -2.57. The van der Waals surface area contributed by atoms with E-state index in [9.17, 15) is 4.79 Å². The highest BCUT2D eigenvalue weighted by Gasteiger charge is 2.47. The Hall–Kier alpha value is -0.610. The van der Waals surface area contributed by atoms with Crippen LogP contribution < -0.4 is 11.1 Å². The van der Waals surface area contributed by atoms with Crippen LogP contribution in [0.3, 0.4) is 0 Å². The van der Waals surface area contributed by atoms with Crippen molar-refractivity contribution >= 4 is 5.97 Å². The second-order valence-corrected chi connectivity index (χ2v) is 4.25. The summed E-state index contributed by atoms with van der Waals surface area (Å²) >= 11 is 0. The SMILES string of the molecule is N[C@]12CCCC[C@H]1C[C@@H](C(=O)O)N2. The molecule has 0 amide bonds. The quantitative estimate of drug-likeness (QED) is 0.547. The van der Waals surface area contributed by atoms with Gasteiger partial charge in [0.05, 0.1) is 5.66 Å². The van der Waals surface area contributed by atoms with Crippen molar-refractivity contribution in [3.05, 3.63) is 0 Å². The predicted molar refractivity (Wildman–Crippen MR) is 48.1 cm³/mol. The lowest BCUT2D eigenvalue weighted by atomic mass is 9.80. The fraction of sp³-hybridized carbons (Fsp3) is 0.889. The van der Waals surface area contributed by atoms with E-state index in [1.54, 1.807) is 0 Å². The zero-order chi connectivity index (χ0) is 9.47. The number of fused-ring (bicyclic) bond motifs is 1. The summed E-state index contributed by atoms with van der Waals surface area (Å²) in [5.41, 5.74) is 5.73. The molecule has 1 heterocycles. The molecule has 0 aromatic heterocycles. The minimum absolute atomic E-state index is 0.363. The lowest BCUT2D eigenvalue weighted by molar-refractivity contribution is -0.139. The molecule has 74 valence electrons. The first-order valence-electron chi connectivity index (χ1n) is 4.91. The van der Waals surface area contributed by atoms with Crippen LogP contribution in [0.15, 0.2) is 0 Å². The van der Waals surface area contributed by atoms with Crippen molar-refractivity contribution in [2.24, 2.45) is 11.7 Å². The highest BCUT2D eigenvalue weighted by molar-refractivity contribution is 5.74. The first-order valence-corrected chi connectivity index (χ1v) is 4.91. The van der Waals surface area contributed by atoms with Crippen molar-refractivity contribution in [2.45, 2.75) is 43.8 Å². The Morgan fingerprint density at radius 3 is 2.92 bits per heavy atom. The molecule has 1 aliphatic heterocycles. The molecule has 0 aromatic carbocycles. The Morgan fingerprint density at radius 1 is 1.54 bits per heavy atom. The molecule has 2 rings (SSSR count). The van der Waals surface area contributed by atoms with E-state index >= 15 is 0 Å². The van der Waals surface area contributed by atoms with Gasteiger partial charge in [0, 0.05) is 0 Å². The molecule has 0 spiro atoms. The largest absolute Gasteiger partial charge is 0.480 e. The van der Waals surface area contributed by atoms with Crippen LogP contribution in [-0.2, 0) is 4.79 Å². The van der Waals surface area contributed by atoms with Gasteiger partial charge >= 0.3 is 5.97 Å². The van der Waals surface area contributed by atoms with Gasteiger partial charge in [-0.05, 0) is 25.2 Å². The Morgan fingerprint density at radius 2 is 2.31 bits per heavy atom. The van der Waals surface area contributed by atoms with E-state index in [1.807, 2.05) is 0 Å². The standard InChI is InChI=1S/C9H16N2O2/c10-9-4-2-1-3-6(9)5-7(11-9)8(12)13/h6-7,11H,1-5,10H2,(H,12,13)/t6-,7-,9-/m0/s1. The molecule has 0 radical (unpaired) electrons. The van der Waals surface area contributed by atoms with Crippen LogP contribution in [0.5, 0.6) is 0 Å². The molecule has 4 nitrogen and oxygen atoms in total. The van der Waals surface area contributed by atoms with Gasteiger partial charge in [-0.15, -0.1) is 0 Å². The van der Waals surface area contributed by atoms with Crippen LogP contribution in [0, 0.1) is 5.92 Å². The van der Waals surface area contributed by atoms with Crippen molar-refractivity contribution in [3.8, 4) is 0 Å². The van der Waals surface area contributed by atoms with E-state index < -0.39 is 12.0 Å². The van der Waals surface area contributed by atoms with Gasteiger partial charge in [-0.25, -0.2) is 0 Å². The minimum atomic E-state index is -0.765. The zero-order valence-corrected chi connectivity index (χ0v) is 7.62. The summed E-state index contributed by atoms with van der Waals surface area (Å²) in [6.07, 6.45) is 5.00. The molecule has 4 heteroatoms. The Balaban J connectivity index is 2.10. The molecule has 1 aliphatic carbocycles. The first-order chi connectivity index (χ1) is 6.12. The number of rotatable bonds is 1. The van der Waals surface area contributed by atoms with E-state index in [4.69, 9.17) is 10.8 Å². The molecule has 13 heavy (non-hydrogen) atoms. The Bertz CT molecular complexity index is 232. The van der Waals surface area contributed by atoms with Gasteiger partial charge in [0.15, 0.2) is 0 Å². The van der Waals surface area contributed by atoms with Crippen molar-refractivity contribution in [3.63, 3.8) is 0 Å². The van der Waals surface area contributed by atoms with Gasteiger partial charge < -0.3 is 10.8 Å². The smallest absolute Gasteiger partial charge is 0.320 e. The number of carbonyl (C=O) groups is 1. The molecule has 2 fully saturated rings. The second-order valence-electron chi connectivity index (χ2n) is 4.25. The number of aliphatic carboxylic acids is 1. The molecule has 3 atom stereocenters.